The lowest BCUT2D eigenvalue weighted by Crippen LogP contribution is -1.88. The molecule has 0 amide bonds. The van der Waals surface area contributed by atoms with E-state index < -0.39 is 0 Å². The molecule has 2 aromatic carbocycles. The van der Waals surface area contributed by atoms with E-state index in [1.54, 1.807) is 24.3 Å². The SMILES string of the molecule is O=Cc1cc(C=O)cc(-c2ccc(F)cc2)c1. The standard InChI is InChI=1S/C14H9FO2/c15-14-3-1-12(2-4-14)13-6-10(8-16)5-11(7-13)9-17/h1-9H. The first-order valence-corrected chi connectivity index (χ1v) is 5.04. The monoisotopic (exact) mass is 228 g/mol. The van der Waals surface area contributed by atoms with Crippen molar-refractivity contribution in [2.75, 3.05) is 0 Å². The zero-order valence-electron chi connectivity index (χ0n) is 8.89. The van der Waals surface area contributed by atoms with Crippen LogP contribution in [0, 0.1) is 5.82 Å². The Morgan fingerprint density at radius 2 is 1.29 bits per heavy atom. The third-order valence-electron chi connectivity index (χ3n) is 2.43. The first-order chi connectivity index (χ1) is 8.22. The van der Waals surface area contributed by atoms with Crippen LogP contribution in [-0.4, -0.2) is 12.6 Å². The molecule has 0 aliphatic carbocycles. The van der Waals surface area contributed by atoms with Crippen molar-refractivity contribution < 1.29 is 14.0 Å². The maximum atomic E-state index is 12.8. The van der Waals surface area contributed by atoms with Crippen molar-refractivity contribution in [2.45, 2.75) is 0 Å². The molecular weight excluding hydrogens is 219 g/mol. The van der Waals surface area contributed by atoms with E-state index in [9.17, 15) is 14.0 Å². The lowest BCUT2D eigenvalue weighted by Gasteiger charge is -2.04. The summed E-state index contributed by atoms with van der Waals surface area (Å²) < 4.78 is 12.8. The number of carbonyl (C=O) groups is 2. The first kappa shape index (κ1) is 11.2. The molecule has 84 valence electrons. The summed E-state index contributed by atoms with van der Waals surface area (Å²) in [4.78, 5) is 21.5. The summed E-state index contributed by atoms with van der Waals surface area (Å²) in [5.74, 6) is -0.323. The maximum Gasteiger partial charge on any atom is 0.150 e. The van der Waals surface area contributed by atoms with Crippen molar-refractivity contribution in [1.82, 2.24) is 0 Å². The Labute approximate surface area is 97.7 Å². The fraction of sp³-hybridized carbons (Fsp3) is 0. The number of hydrogen-bond acceptors (Lipinski definition) is 2. The smallest absolute Gasteiger partial charge is 0.150 e. The lowest BCUT2D eigenvalue weighted by molar-refractivity contribution is 0.112. The number of halogens is 1. The second-order valence-electron chi connectivity index (χ2n) is 3.63. The lowest BCUT2D eigenvalue weighted by atomic mass is 10.0. The predicted molar refractivity (Wildman–Crippen MR) is 62.6 cm³/mol. The van der Waals surface area contributed by atoms with Crippen LogP contribution in [-0.2, 0) is 0 Å². The molecule has 0 saturated heterocycles. The maximum absolute atomic E-state index is 12.8. The van der Waals surface area contributed by atoms with Gasteiger partial charge in [0.25, 0.3) is 0 Å². The molecule has 2 aromatic rings. The molecule has 2 rings (SSSR count). The number of aldehydes is 2. The Kier molecular flexibility index (Phi) is 3.10. The fourth-order valence-corrected chi connectivity index (χ4v) is 1.62. The Balaban J connectivity index is 2.54. The van der Waals surface area contributed by atoms with Crippen LogP contribution in [0.2, 0.25) is 0 Å². The average Bonchev–Trinajstić information content (AvgIpc) is 2.39. The van der Waals surface area contributed by atoms with Gasteiger partial charge in [0.1, 0.15) is 18.4 Å². The number of benzene rings is 2. The highest BCUT2D eigenvalue weighted by Gasteiger charge is 2.03. The van der Waals surface area contributed by atoms with E-state index in [2.05, 4.69) is 0 Å². The van der Waals surface area contributed by atoms with Gasteiger partial charge in [0, 0.05) is 11.1 Å². The van der Waals surface area contributed by atoms with Crippen LogP contribution in [0.4, 0.5) is 4.39 Å². The van der Waals surface area contributed by atoms with Crippen LogP contribution in [0.5, 0.6) is 0 Å². The highest BCUT2D eigenvalue weighted by molar-refractivity contribution is 5.86. The van der Waals surface area contributed by atoms with Gasteiger partial charge in [0.05, 0.1) is 0 Å². The van der Waals surface area contributed by atoms with Gasteiger partial charge in [0.15, 0.2) is 0 Å². The highest BCUT2D eigenvalue weighted by atomic mass is 19.1. The Hall–Kier alpha value is -2.29. The van der Waals surface area contributed by atoms with E-state index in [1.807, 2.05) is 0 Å². The van der Waals surface area contributed by atoms with Crippen LogP contribution in [0.15, 0.2) is 42.5 Å². The third kappa shape index (κ3) is 2.45. The van der Waals surface area contributed by atoms with Crippen LogP contribution in [0.3, 0.4) is 0 Å². The largest absolute Gasteiger partial charge is 0.298 e. The van der Waals surface area contributed by atoms with E-state index in [4.69, 9.17) is 0 Å². The average molecular weight is 228 g/mol. The van der Waals surface area contributed by atoms with Crippen molar-refractivity contribution in [3.05, 3.63) is 59.4 Å². The molecule has 0 aliphatic heterocycles. The Morgan fingerprint density at radius 3 is 1.76 bits per heavy atom. The summed E-state index contributed by atoms with van der Waals surface area (Å²) in [5, 5.41) is 0. The molecule has 0 unspecified atom stereocenters. The van der Waals surface area contributed by atoms with Gasteiger partial charge >= 0.3 is 0 Å². The molecule has 0 N–H and O–H groups in total. The Morgan fingerprint density at radius 1 is 0.765 bits per heavy atom. The summed E-state index contributed by atoms with van der Waals surface area (Å²) in [7, 11) is 0. The van der Waals surface area contributed by atoms with Crippen LogP contribution in [0.25, 0.3) is 11.1 Å². The molecule has 0 saturated carbocycles. The molecule has 17 heavy (non-hydrogen) atoms. The van der Waals surface area contributed by atoms with E-state index in [0.29, 0.717) is 23.7 Å². The fourth-order valence-electron chi connectivity index (χ4n) is 1.62. The molecule has 0 spiro atoms. The van der Waals surface area contributed by atoms with Crippen molar-refractivity contribution >= 4 is 12.6 Å². The molecule has 0 atom stereocenters. The van der Waals surface area contributed by atoms with Crippen molar-refractivity contribution in [1.29, 1.82) is 0 Å². The molecule has 3 heteroatoms. The highest BCUT2D eigenvalue weighted by Crippen LogP contribution is 2.21. The van der Waals surface area contributed by atoms with Gasteiger partial charge in [-0.25, -0.2) is 4.39 Å². The van der Waals surface area contributed by atoms with Gasteiger partial charge in [0.2, 0.25) is 0 Å². The van der Waals surface area contributed by atoms with E-state index in [1.165, 1.54) is 18.2 Å². The van der Waals surface area contributed by atoms with Gasteiger partial charge in [-0.1, -0.05) is 12.1 Å². The summed E-state index contributed by atoms with van der Waals surface area (Å²) in [6, 6.07) is 10.7. The normalized spacial score (nSPS) is 9.94. The Bertz CT molecular complexity index is 533. The topological polar surface area (TPSA) is 34.1 Å². The third-order valence-corrected chi connectivity index (χ3v) is 2.43. The van der Waals surface area contributed by atoms with Gasteiger partial charge in [-0.2, -0.15) is 0 Å². The van der Waals surface area contributed by atoms with Crippen LogP contribution >= 0.6 is 0 Å². The number of rotatable bonds is 3. The van der Waals surface area contributed by atoms with Crippen molar-refractivity contribution in [3.8, 4) is 11.1 Å². The molecule has 0 radical (unpaired) electrons. The van der Waals surface area contributed by atoms with E-state index in [0.717, 1.165) is 11.1 Å². The van der Waals surface area contributed by atoms with Gasteiger partial charge in [-0.15, -0.1) is 0 Å². The van der Waals surface area contributed by atoms with Crippen LogP contribution in [0.1, 0.15) is 20.7 Å². The van der Waals surface area contributed by atoms with Crippen molar-refractivity contribution in [2.24, 2.45) is 0 Å². The number of hydrogen-bond donors (Lipinski definition) is 0. The molecule has 0 fully saturated rings. The molecule has 0 aliphatic rings. The summed E-state index contributed by atoms with van der Waals surface area (Å²) in [6.07, 6.45) is 1.36. The van der Waals surface area contributed by atoms with E-state index in [-0.39, 0.29) is 5.82 Å². The minimum absolute atomic E-state index is 0.323. The molecule has 0 bridgehead atoms. The van der Waals surface area contributed by atoms with E-state index >= 15 is 0 Å². The molecule has 2 nitrogen and oxygen atoms in total. The zero-order valence-corrected chi connectivity index (χ0v) is 8.89. The second kappa shape index (κ2) is 4.70. The summed E-state index contributed by atoms with van der Waals surface area (Å²) in [6.45, 7) is 0. The molecular formula is C14H9FO2. The second-order valence-corrected chi connectivity index (χ2v) is 3.63. The minimum Gasteiger partial charge on any atom is -0.298 e. The van der Waals surface area contributed by atoms with Crippen molar-refractivity contribution in [3.63, 3.8) is 0 Å². The first-order valence-electron chi connectivity index (χ1n) is 5.04. The van der Waals surface area contributed by atoms with Gasteiger partial charge < -0.3 is 0 Å². The number of carbonyl (C=O) groups excluding carboxylic acids is 2. The predicted octanol–water partition coefficient (Wildman–Crippen LogP) is 3.12. The molecule has 0 heterocycles. The summed E-state index contributed by atoms with van der Waals surface area (Å²) in [5.41, 5.74) is 2.33. The quantitative estimate of drug-likeness (QED) is 0.756. The van der Waals surface area contributed by atoms with Crippen LogP contribution < -0.4 is 0 Å². The molecule has 0 aromatic heterocycles. The van der Waals surface area contributed by atoms with Gasteiger partial charge in [-0.05, 0) is 41.5 Å². The minimum atomic E-state index is -0.323. The van der Waals surface area contributed by atoms with Gasteiger partial charge in [-0.3, -0.25) is 9.59 Å². The summed E-state index contributed by atoms with van der Waals surface area (Å²) >= 11 is 0. The zero-order chi connectivity index (χ0) is 12.3.